The summed E-state index contributed by atoms with van der Waals surface area (Å²) in [7, 11) is 0. The zero-order chi connectivity index (χ0) is 17.0. The Kier molecular flexibility index (Phi) is 11.9. The topological polar surface area (TPSA) is 54.9 Å². The van der Waals surface area contributed by atoms with Gasteiger partial charge in [0.05, 0.1) is 19.8 Å². The molecule has 1 heterocycles. The highest BCUT2D eigenvalue weighted by Crippen LogP contribution is 2.12. The first-order valence-corrected chi connectivity index (χ1v) is 9.01. The number of rotatable bonds is 9. The van der Waals surface area contributed by atoms with Crippen molar-refractivity contribution in [3.8, 4) is 0 Å². The van der Waals surface area contributed by atoms with E-state index in [1.807, 2.05) is 0 Å². The molecule has 5 nitrogen and oxygen atoms in total. The molecule has 25 heavy (non-hydrogen) atoms. The molecule has 1 aliphatic rings. The maximum absolute atomic E-state index is 5.72. The lowest BCUT2D eigenvalue weighted by Crippen LogP contribution is -2.38. The van der Waals surface area contributed by atoms with Crippen LogP contribution in [0.25, 0.3) is 0 Å². The molecule has 1 atom stereocenters. The van der Waals surface area contributed by atoms with Crippen LogP contribution in [0.2, 0.25) is 0 Å². The van der Waals surface area contributed by atoms with E-state index < -0.39 is 0 Å². The van der Waals surface area contributed by atoms with Gasteiger partial charge < -0.3 is 20.1 Å². The molecule has 142 valence electrons. The van der Waals surface area contributed by atoms with E-state index in [2.05, 4.69) is 53.7 Å². The summed E-state index contributed by atoms with van der Waals surface area (Å²) in [5, 5.41) is 6.66. The third-order valence-corrected chi connectivity index (χ3v) is 4.15. The monoisotopic (exact) mass is 461 g/mol. The molecule has 2 rings (SSSR count). The maximum Gasteiger partial charge on any atom is 0.191 e. The summed E-state index contributed by atoms with van der Waals surface area (Å²) in [6, 6.07) is 8.37. The molecule has 1 unspecified atom stereocenters. The molecule has 0 radical (unpaired) electrons. The highest BCUT2D eigenvalue weighted by atomic mass is 127. The number of benzene rings is 1. The molecule has 0 saturated carbocycles. The molecule has 0 bridgehead atoms. The number of nitrogens with one attached hydrogen (secondary N) is 2. The van der Waals surface area contributed by atoms with Crippen LogP contribution in [0.4, 0.5) is 0 Å². The average Bonchev–Trinajstić information content (AvgIpc) is 3.10. The summed E-state index contributed by atoms with van der Waals surface area (Å²) in [6.45, 7) is 9.96. The van der Waals surface area contributed by atoms with Crippen LogP contribution in [0.5, 0.6) is 0 Å². The third kappa shape index (κ3) is 8.87. The van der Waals surface area contributed by atoms with E-state index in [0.717, 1.165) is 58.3 Å². The number of aliphatic imine (C=N–C) groups is 1. The van der Waals surface area contributed by atoms with Crippen LogP contribution in [-0.4, -0.2) is 45.5 Å². The molecule has 0 amide bonds. The average molecular weight is 461 g/mol. The first-order chi connectivity index (χ1) is 11.8. The molecule has 1 fully saturated rings. The molecule has 1 aromatic carbocycles. The minimum atomic E-state index is 0. The summed E-state index contributed by atoms with van der Waals surface area (Å²) in [5.41, 5.74) is 2.54. The van der Waals surface area contributed by atoms with Crippen molar-refractivity contribution in [1.29, 1.82) is 0 Å². The van der Waals surface area contributed by atoms with E-state index in [-0.39, 0.29) is 24.0 Å². The second-order valence-corrected chi connectivity index (χ2v) is 6.21. The van der Waals surface area contributed by atoms with Crippen LogP contribution in [0.1, 0.15) is 30.9 Å². The van der Waals surface area contributed by atoms with E-state index in [9.17, 15) is 0 Å². The van der Waals surface area contributed by atoms with Gasteiger partial charge in [-0.3, -0.25) is 0 Å². The Labute approximate surface area is 169 Å². The van der Waals surface area contributed by atoms with Gasteiger partial charge in [-0.15, -0.1) is 24.0 Å². The number of nitrogens with zero attached hydrogens (tertiary/aromatic N) is 1. The Morgan fingerprint density at radius 3 is 2.88 bits per heavy atom. The van der Waals surface area contributed by atoms with Crippen LogP contribution >= 0.6 is 24.0 Å². The van der Waals surface area contributed by atoms with Gasteiger partial charge in [-0.25, -0.2) is 4.99 Å². The van der Waals surface area contributed by atoms with Crippen LogP contribution < -0.4 is 10.6 Å². The fraction of sp³-hybridized carbons (Fsp3) is 0.632. The summed E-state index contributed by atoms with van der Waals surface area (Å²) < 4.78 is 11.1. The molecular weight excluding hydrogens is 429 g/mol. The molecule has 1 aromatic rings. The van der Waals surface area contributed by atoms with Crippen LogP contribution in [0.15, 0.2) is 29.3 Å². The van der Waals surface area contributed by atoms with Gasteiger partial charge >= 0.3 is 0 Å². The normalized spacial score (nSPS) is 17.2. The molecule has 0 aromatic heterocycles. The number of hydrogen-bond acceptors (Lipinski definition) is 3. The zero-order valence-corrected chi connectivity index (χ0v) is 17.8. The number of halogens is 1. The van der Waals surface area contributed by atoms with Gasteiger partial charge in [0.2, 0.25) is 0 Å². The van der Waals surface area contributed by atoms with Crippen molar-refractivity contribution in [1.82, 2.24) is 10.6 Å². The van der Waals surface area contributed by atoms with Crippen molar-refractivity contribution in [3.63, 3.8) is 0 Å². The van der Waals surface area contributed by atoms with E-state index in [1.54, 1.807) is 0 Å². The predicted molar refractivity (Wildman–Crippen MR) is 114 cm³/mol. The Balaban J connectivity index is 0.00000312. The lowest BCUT2D eigenvalue weighted by atomic mass is 10.1. The Hall–Kier alpha value is -0.860. The fourth-order valence-corrected chi connectivity index (χ4v) is 2.64. The summed E-state index contributed by atoms with van der Waals surface area (Å²) in [6.07, 6.45) is 2.11. The maximum atomic E-state index is 5.72. The van der Waals surface area contributed by atoms with Gasteiger partial charge in [0.1, 0.15) is 0 Å². The molecule has 1 saturated heterocycles. The lowest BCUT2D eigenvalue weighted by Gasteiger charge is -2.12. The highest BCUT2D eigenvalue weighted by molar-refractivity contribution is 14.0. The van der Waals surface area contributed by atoms with Crippen LogP contribution in [0, 0.1) is 12.8 Å². The Morgan fingerprint density at radius 2 is 2.16 bits per heavy atom. The largest absolute Gasteiger partial charge is 0.381 e. The van der Waals surface area contributed by atoms with Crippen molar-refractivity contribution >= 4 is 29.9 Å². The quantitative estimate of drug-likeness (QED) is 0.257. The molecule has 1 aliphatic heterocycles. The standard InChI is InChI=1S/C19H31N3O2.HI/c1-3-20-19(22-13-18-8-5-4-7-16(18)2)21-10-6-11-23-14-17-9-12-24-15-17;/h4-5,7-8,17H,3,6,9-15H2,1-2H3,(H2,20,21,22);1H. The van der Waals surface area contributed by atoms with Gasteiger partial charge in [-0.05, 0) is 37.8 Å². The van der Waals surface area contributed by atoms with E-state index in [4.69, 9.17) is 9.47 Å². The van der Waals surface area contributed by atoms with Crippen LogP contribution in [0.3, 0.4) is 0 Å². The summed E-state index contributed by atoms with van der Waals surface area (Å²) in [5.74, 6) is 1.45. The van der Waals surface area contributed by atoms with Gasteiger partial charge in [0.15, 0.2) is 5.96 Å². The van der Waals surface area contributed by atoms with Crippen molar-refractivity contribution in [2.24, 2.45) is 10.9 Å². The van der Waals surface area contributed by atoms with Crippen LogP contribution in [-0.2, 0) is 16.0 Å². The number of ether oxygens (including phenoxy) is 2. The molecular formula is C19H32IN3O2. The predicted octanol–water partition coefficient (Wildman–Crippen LogP) is 3.11. The highest BCUT2D eigenvalue weighted by Gasteiger charge is 2.15. The Morgan fingerprint density at radius 1 is 1.32 bits per heavy atom. The second kappa shape index (κ2) is 13.4. The van der Waals surface area contributed by atoms with Crippen molar-refractivity contribution in [2.75, 3.05) is 39.5 Å². The lowest BCUT2D eigenvalue weighted by molar-refractivity contribution is 0.0888. The molecule has 2 N–H and O–H groups in total. The number of guanidine groups is 1. The van der Waals surface area contributed by atoms with Gasteiger partial charge in [-0.2, -0.15) is 0 Å². The first-order valence-electron chi connectivity index (χ1n) is 9.01. The van der Waals surface area contributed by atoms with E-state index >= 15 is 0 Å². The van der Waals surface area contributed by atoms with Crippen molar-refractivity contribution in [2.45, 2.75) is 33.2 Å². The first kappa shape index (κ1) is 22.2. The molecule has 0 spiro atoms. The van der Waals surface area contributed by atoms with E-state index in [0.29, 0.717) is 12.5 Å². The van der Waals surface area contributed by atoms with Crippen molar-refractivity contribution in [3.05, 3.63) is 35.4 Å². The zero-order valence-electron chi connectivity index (χ0n) is 15.4. The number of hydrogen-bond donors (Lipinski definition) is 2. The third-order valence-electron chi connectivity index (χ3n) is 4.15. The van der Waals surface area contributed by atoms with Crippen molar-refractivity contribution < 1.29 is 9.47 Å². The summed E-state index contributed by atoms with van der Waals surface area (Å²) in [4.78, 5) is 4.66. The minimum Gasteiger partial charge on any atom is -0.381 e. The minimum absolute atomic E-state index is 0. The molecule has 0 aliphatic carbocycles. The second-order valence-electron chi connectivity index (χ2n) is 6.21. The van der Waals surface area contributed by atoms with Gasteiger partial charge in [0.25, 0.3) is 0 Å². The summed E-state index contributed by atoms with van der Waals surface area (Å²) >= 11 is 0. The fourth-order valence-electron chi connectivity index (χ4n) is 2.64. The smallest absolute Gasteiger partial charge is 0.191 e. The molecule has 6 heteroatoms. The SMILES string of the molecule is CCNC(=NCc1ccccc1C)NCCCOCC1CCOC1.I. The number of aryl methyl sites for hydroxylation is 1. The van der Waals surface area contributed by atoms with Gasteiger partial charge in [0, 0.05) is 32.2 Å². The van der Waals surface area contributed by atoms with Gasteiger partial charge in [-0.1, -0.05) is 24.3 Å². The Bertz CT molecular complexity index is 505. The van der Waals surface area contributed by atoms with E-state index in [1.165, 1.54) is 11.1 Å².